The number of rotatable bonds is 0. The van der Waals surface area contributed by atoms with Crippen LogP contribution in [-0.4, -0.2) is 15.6 Å². The van der Waals surface area contributed by atoms with Crippen LogP contribution >= 0.6 is 0 Å². The van der Waals surface area contributed by atoms with E-state index in [0.717, 1.165) is 6.61 Å². The molecule has 1 aliphatic heterocycles. The molecule has 1 radical (unpaired) electrons. The molecule has 0 aromatic heterocycles. The zero-order chi connectivity index (χ0) is 7.61. The predicted octanol–water partition coefficient (Wildman–Crippen LogP) is 2.59. The van der Waals surface area contributed by atoms with E-state index in [1.807, 2.05) is 0 Å². The Labute approximate surface area is 65.5 Å². The first-order valence-corrected chi connectivity index (χ1v) is 5.71. The topological polar surface area (TPSA) is 9.23 Å². The highest BCUT2D eigenvalue weighted by Crippen LogP contribution is 2.32. The zero-order valence-electron chi connectivity index (χ0n) is 7.24. The average Bonchev–Trinajstić information content (AvgIpc) is 1.88. The van der Waals surface area contributed by atoms with E-state index in [0.29, 0.717) is 5.04 Å². The van der Waals surface area contributed by atoms with Gasteiger partial charge >= 0.3 is 0 Å². The van der Waals surface area contributed by atoms with Gasteiger partial charge in [-0.1, -0.05) is 27.2 Å². The second-order valence-electron chi connectivity index (χ2n) is 3.98. The zero-order valence-corrected chi connectivity index (χ0v) is 8.24. The average molecular weight is 157 g/mol. The summed E-state index contributed by atoms with van der Waals surface area (Å²) in [6.45, 7) is 7.91. The maximum absolute atomic E-state index is 5.74. The molecule has 0 amide bonds. The Morgan fingerprint density at radius 1 is 1.20 bits per heavy atom. The van der Waals surface area contributed by atoms with Crippen LogP contribution in [0.5, 0.6) is 0 Å². The first-order valence-electron chi connectivity index (χ1n) is 4.10. The van der Waals surface area contributed by atoms with Gasteiger partial charge in [-0.15, -0.1) is 0 Å². The fraction of sp³-hybridized carbons (Fsp3) is 1.00. The Morgan fingerprint density at radius 2 is 1.90 bits per heavy atom. The van der Waals surface area contributed by atoms with Crippen molar-refractivity contribution in [3.8, 4) is 0 Å². The highest BCUT2D eigenvalue weighted by Gasteiger charge is 2.30. The minimum atomic E-state index is -0.464. The third-order valence-corrected chi connectivity index (χ3v) is 4.94. The van der Waals surface area contributed by atoms with Gasteiger partial charge in [-0.3, -0.25) is 0 Å². The van der Waals surface area contributed by atoms with E-state index in [1.165, 1.54) is 18.9 Å². The molecule has 0 atom stereocenters. The summed E-state index contributed by atoms with van der Waals surface area (Å²) < 4.78 is 5.74. The summed E-state index contributed by atoms with van der Waals surface area (Å²) in [6.07, 6.45) is 2.68. The molecule has 1 heterocycles. The van der Waals surface area contributed by atoms with Gasteiger partial charge in [0.2, 0.25) is 9.04 Å². The SMILES string of the molecule is CC(C)(C)[Si]1CCCCO1. The fourth-order valence-electron chi connectivity index (χ4n) is 1.25. The van der Waals surface area contributed by atoms with Crippen molar-refractivity contribution in [2.45, 2.75) is 44.7 Å². The molecule has 0 saturated carbocycles. The van der Waals surface area contributed by atoms with E-state index < -0.39 is 9.04 Å². The van der Waals surface area contributed by atoms with Crippen LogP contribution in [0.2, 0.25) is 11.1 Å². The van der Waals surface area contributed by atoms with Crippen LogP contribution in [0.3, 0.4) is 0 Å². The first-order chi connectivity index (χ1) is 4.61. The molecule has 59 valence electrons. The summed E-state index contributed by atoms with van der Waals surface area (Å²) in [5, 5.41) is 0.449. The molecule has 0 unspecified atom stereocenters. The van der Waals surface area contributed by atoms with Gasteiger partial charge in [-0.25, -0.2) is 0 Å². The van der Waals surface area contributed by atoms with Gasteiger partial charge in [0, 0.05) is 6.61 Å². The van der Waals surface area contributed by atoms with Crippen molar-refractivity contribution in [3.05, 3.63) is 0 Å². The molecule has 0 aromatic rings. The van der Waals surface area contributed by atoms with E-state index in [-0.39, 0.29) is 0 Å². The lowest BCUT2D eigenvalue weighted by atomic mass is 10.2. The minimum Gasteiger partial charge on any atom is -0.416 e. The Kier molecular flexibility index (Phi) is 2.53. The monoisotopic (exact) mass is 157 g/mol. The van der Waals surface area contributed by atoms with Crippen LogP contribution < -0.4 is 0 Å². The van der Waals surface area contributed by atoms with E-state index in [2.05, 4.69) is 20.8 Å². The Bertz CT molecular complexity index is 100. The molecule has 0 spiro atoms. The van der Waals surface area contributed by atoms with Crippen molar-refractivity contribution < 1.29 is 4.43 Å². The molecule has 10 heavy (non-hydrogen) atoms. The van der Waals surface area contributed by atoms with Crippen LogP contribution in [0, 0.1) is 0 Å². The van der Waals surface area contributed by atoms with Gasteiger partial charge in [0.05, 0.1) is 0 Å². The summed E-state index contributed by atoms with van der Waals surface area (Å²) in [4.78, 5) is 0. The van der Waals surface area contributed by atoms with Crippen LogP contribution in [0.4, 0.5) is 0 Å². The van der Waals surface area contributed by atoms with Crippen molar-refractivity contribution in [1.29, 1.82) is 0 Å². The molecular formula is C8H17OSi. The molecule has 0 N–H and O–H groups in total. The van der Waals surface area contributed by atoms with E-state index in [4.69, 9.17) is 4.43 Å². The normalized spacial score (nSPS) is 23.1. The van der Waals surface area contributed by atoms with Crippen LogP contribution in [0.15, 0.2) is 0 Å². The predicted molar refractivity (Wildman–Crippen MR) is 45.5 cm³/mol. The second-order valence-corrected chi connectivity index (χ2v) is 7.11. The molecular weight excluding hydrogens is 140 g/mol. The van der Waals surface area contributed by atoms with Gasteiger partial charge in [0.15, 0.2) is 0 Å². The van der Waals surface area contributed by atoms with E-state index >= 15 is 0 Å². The molecule has 0 aromatic carbocycles. The molecule has 1 saturated heterocycles. The van der Waals surface area contributed by atoms with E-state index in [1.54, 1.807) is 0 Å². The van der Waals surface area contributed by atoms with Crippen LogP contribution in [0.25, 0.3) is 0 Å². The third kappa shape index (κ3) is 2.10. The summed E-state index contributed by atoms with van der Waals surface area (Å²) >= 11 is 0. The molecule has 1 fully saturated rings. The van der Waals surface area contributed by atoms with Crippen molar-refractivity contribution >= 4 is 9.04 Å². The molecule has 0 aliphatic carbocycles. The van der Waals surface area contributed by atoms with Crippen molar-refractivity contribution in [2.24, 2.45) is 0 Å². The lowest BCUT2D eigenvalue weighted by molar-refractivity contribution is 0.270. The summed E-state index contributed by atoms with van der Waals surface area (Å²) in [5.74, 6) is 0. The van der Waals surface area contributed by atoms with Crippen LogP contribution in [-0.2, 0) is 4.43 Å². The largest absolute Gasteiger partial charge is 0.416 e. The maximum Gasteiger partial charge on any atom is 0.216 e. The summed E-state index contributed by atoms with van der Waals surface area (Å²) in [5.41, 5.74) is 0. The minimum absolute atomic E-state index is 0.449. The van der Waals surface area contributed by atoms with Gasteiger partial charge in [-0.05, 0) is 17.5 Å². The fourth-order valence-corrected chi connectivity index (χ4v) is 3.54. The quantitative estimate of drug-likeness (QED) is 0.491. The smallest absolute Gasteiger partial charge is 0.216 e. The number of hydrogen-bond donors (Lipinski definition) is 0. The van der Waals surface area contributed by atoms with E-state index in [9.17, 15) is 0 Å². The third-order valence-electron chi connectivity index (χ3n) is 1.91. The Balaban J connectivity index is 2.39. The van der Waals surface area contributed by atoms with Crippen molar-refractivity contribution in [3.63, 3.8) is 0 Å². The lowest BCUT2D eigenvalue weighted by Crippen LogP contribution is -2.32. The molecule has 0 bridgehead atoms. The lowest BCUT2D eigenvalue weighted by Gasteiger charge is -2.31. The molecule has 1 aliphatic rings. The molecule has 1 nitrogen and oxygen atoms in total. The van der Waals surface area contributed by atoms with Gasteiger partial charge in [0.25, 0.3) is 0 Å². The van der Waals surface area contributed by atoms with Gasteiger partial charge in [-0.2, -0.15) is 0 Å². The summed E-state index contributed by atoms with van der Waals surface area (Å²) in [6, 6.07) is 1.36. The Hall–Kier alpha value is 0.177. The van der Waals surface area contributed by atoms with Crippen molar-refractivity contribution in [1.82, 2.24) is 0 Å². The standard InChI is InChI=1S/C8H17OSi/c1-8(2,3)10-7-5-4-6-9-10/h4-7H2,1-3H3. The Morgan fingerprint density at radius 3 is 2.20 bits per heavy atom. The highest BCUT2D eigenvalue weighted by atomic mass is 28.3. The molecule has 2 heteroatoms. The molecule has 1 rings (SSSR count). The highest BCUT2D eigenvalue weighted by molar-refractivity contribution is 6.55. The summed E-state index contributed by atoms with van der Waals surface area (Å²) in [7, 11) is -0.464. The van der Waals surface area contributed by atoms with Crippen LogP contribution in [0.1, 0.15) is 33.6 Å². The van der Waals surface area contributed by atoms with Gasteiger partial charge < -0.3 is 4.43 Å². The maximum atomic E-state index is 5.74. The second kappa shape index (κ2) is 3.05. The number of hydrogen-bond acceptors (Lipinski definition) is 1. The van der Waals surface area contributed by atoms with Gasteiger partial charge in [0.1, 0.15) is 0 Å². The first kappa shape index (κ1) is 8.28. The van der Waals surface area contributed by atoms with Crippen molar-refractivity contribution in [2.75, 3.05) is 6.61 Å².